The fourth-order valence-electron chi connectivity index (χ4n) is 5.62. The molecule has 0 amide bonds. The number of aryl methyl sites for hydroxylation is 2. The molecule has 1 saturated carbocycles. The summed E-state index contributed by atoms with van der Waals surface area (Å²) in [4.78, 5) is -0.0488. The fraction of sp³-hybridized carbons (Fsp3) is 0.400. The van der Waals surface area contributed by atoms with E-state index in [9.17, 15) is 18.1 Å². The Kier molecular flexibility index (Phi) is 6.06. The molecule has 2 aliphatic rings. The highest BCUT2D eigenvalue weighted by Gasteiger charge is 2.47. The first-order chi connectivity index (χ1) is 17.1. The number of sulfonamides is 1. The van der Waals surface area contributed by atoms with Crippen LogP contribution in [-0.4, -0.2) is 45.4 Å². The summed E-state index contributed by atoms with van der Waals surface area (Å²) in [6.07, 6.45) is 6.29. The molecule has 2 atom stereocenters. The lowest BCUT2D eigenvalue weighted by Crippen LogP contribution is -2.41. The van der Waals surface area contributed by atoms with Crippen LogP contribution in [0.1, 0.15) is 36.7 Å². The lowest BCUT2D eigenvalue weighted by molar-refractivity contribution is 0.228. The highest BCUT2D eigenvalue weighted by Crippen LogP contribution is 2.53. The third-order valence-electron chi connectivity index (χ3n) is 7.59. The predicted molar refractivity (Wildman–Crippen MR) is 133 cm³/mol. The molecular weight excluding hydrogens is 503 g/mol. The van der Waals surface area contributed by atoms with Crippen LogP contribution in [-0.2, 0) is 23.5 Å². The smallest absolute Gasteiger partial charge is 0.248 e. The van der Waals surface area contributed by atoms with Gasteiger partial charge in [-0.25, -0.2) is 17.5 Å². The molecule has 0 spiro atoms. The average Bonchev–Trinajstić information content (AvgIpc) is 3.45. The van der Waals surface area contributed by atoms with Gasteiger partial charge < -0.3 is 0 Å². The number of fused-ring (bicyclic) bond motifs is 2. The minimum Gasteiger partial charge on any atom is -0.255 e. The molecule has 0 aliphatic heterocycles. The van der Waals surface area contributed by atoms with Crippen LogP contribution in [0.15, 0.2) is 40.9 Å². The molecule has 1 aromatic carbocycles. The van der Waals surface area contributed by atoms with Crippen LogP contribution in [0.25, 0.3) is 11.8 Å². The molecule has 36 heavy (non-hydrogen) atoms. The zero-order chi connectivity index (χ0) is 25.8. The summed E-state index contributed by atoms with van der Waals surface area (Å²) in [6.45, 7) is 3.69. The maximum absolute atomic E-state index is 13.6. The van der Waals surface area contributed by atoms with Crippen molar-refractivity contribution in [3.05, 3.63) is 64.0 Å². The molecular formula is C25H26ClFN6O2S. The standard InChI is InChI=1S/C25H26ClFN6O2S/c1-16-23(24(26)31(3)30-16)36(34,35)32(11-10-28)15-19-5-4-18-12-22-17(13-25(18,19)2)14-29-33(22)21-8-6-20(27)7-9-21/h6-9,12,14,19H,4-5,11,13,15H2,1-3H3/t19-,25+/m1/s1. The van der Waals surface area contributed by atoms with Gasteiger partial charge in [0.15, 0.2) is 0 Å². The molecule has 11 heteroatoms. The van der Waals surface area contributed by atoms with Crippen molar-refractivity contribution in [2.24, 2.45) is 18.4 Å². The number of benzene rings is 1. The van der Waals surface area contributed by atoms with Gasteiger partial charge in [0.05, 0.1) is 29.3 Å². The Morgan fingerprint density at radius 3 is 2.69 bits per heavy atom. The van der Waals surface area contributed by atoms with Crippen molar-refractivity contribution in [3.63, 3.8) is 0 Å². The summed E-state index contributed by atoms with van der Waals surface area (Å²) < 4.78 is 45.0. The van der Waals surface area contributed by atoms with Crippen molar-refractivity contribution in [1.82, 2.24) is 23.9 Å². The van der Waals surface area contributed by atoms with Crippen LogP contribution in [0.5, 0.6) is 0 Å². The largest absolute Gasteiger partial charge is 0.255 e. The normalized spacial score (nSPS) is 21.2. The van der Waals surface area contributed by atoms with E-state index >= 15 is 0 Å². The van der Waals surface area contributed by atoms with E-state index in [1.54, 1.807) is 26.1 Å². The molecule has 2 aromatic heterocycles. The molecule has 8 nitrogen and oxygen atoms in total. The van der Waals surface area contributed by atoms with Gasteiger partial charge in [0.2, 0.25) is 10.0 Å². The number of hydrogen-bond donors (Lipinski definition) is 0. The Bertz CT molecular complexity index is 1520. The average molecular weight is 529 g/mol. The van der Waals surface area contributed by atoms with E-state index in [0.29, 0.717) is 12.1 Å². The minimum atomic E-state index is -4.02. The molecule has 1 fully saturated rings. The molecule has 3 aromatic rings. The van der Waals surface area contributed by atoms with Crippen LogP contribution in [0.4, 0.5) is 4.39 Å². The number of nitriles is 1. The second-order valence-corrected chi connectivity index (χ2v) is 12.0. The van der Waals surface area contributed by atoms with E-state index in [4.69, 9.17) is 11.6 Å². The molecule has 2 heterocycles. The summed E-state index contributed by atoms with van der Waals surface area (Å²) in [6, 6.07) is 8.23. The number of rotatable bonds is 6. The maximum atomic E-state index is 13.6. The zero-order valence-electron chi connectivity index (χ0n) is 20.2. The van der Waals surface area contributed by atoms with Gasteiger partial charge in [-0.2, -0.15) is 19.8 Å². The highest BCUT2D eigenvalue weighted by atomic mass is 35.5. The van der Waals surface area contributed by atoms with Crippen LogP contribution in [0, 0.1) is 35.4 Å². The van der Waals surface area contributed by atoms with E-state index in [1.807, 2.05) is 16.9 Å². The number of halogens is 2. The second-order valence-electron chi connectivity index (χ2n) is 9.73. The van der Waals surface area contributed by atoms with E-state index in [1.165, 1.54) is 26.7 Å². The van der Waals surface area contributed by atoms with Crippen LogP contribution >= 0.6 is 11.6 Å². The Balaban J connectivity index is 1.46. The topological polar surface area (TPSA) is 96.8 Å². The molecule has 5 rings (SSSR count). The van der Waals surface area contributed by atoms with Gasteiger partial charge in [0.25, 0.3) is 0 Å². The summed E-state index contributed by atoms with van der Waals surface area (Å²) >= 11 is 6.29. The van der Waals surface area contributed by atoms with Crippen molar-refractivity contribution in [2.45, 2.75) is 38.0 Å². The lowest BCUT2D eigenvalue weighted by atomic mass is 9.70. The third kappa shape index (κ3) is 3.86. The number of hydrogen-bond acceptors (Lipinski definition) is 5. The molecule has 188 valence electrons. The van der Waals surface area contributed by atoms with Gasteiger partial charge in [-0.15, -0.1) is 0 Å². The predicted octanol–water partition coefficient (Wildman–Crippen LogP) is 4.28. The van der Waals surface area contributed by atoms with Crippen molar-refractivity contribution in [1.29, 1.82) is 5.26 Å². The summed E-state index contributed by atoms with van der Waals surface area (Å²) in [5.74, 6) is -0.297. The molecule has 0 saturated heterocycles. The Morgan fingerprint density at radius 1 is 1.33 bits per heavy atom. The van der Waals surface area contributed by atoms with Gasteiger partial charge in [0, 0.05) is 13.6 Å². The summed E-state index contributed by atoms with van der Waals surface area (Å²) in [7, 11) is -2.44. The van der Waals surface area contributed by atoms with Gasteiger partial charge in [-0.1, -0.05) is 24.1 Å². The Hall–Kier alpha value is -3.00. The van der Waals surface area contributed by atoms with E-state index in [-0.39, 0.29) is 40.3 Å². The first kappa shape index (κ1) is 24.7. The minimum absolute atomic E-state index is 0.00458. The Labute approximate surface area is 214 Å². The van der Waals surface area contributed by atoms with E-state index < -0.39 is 10.0 Å². The molecule has 0 bridgehead atoms. The van der Waals surface area contributed by atoms with E-state index in [2.05, 4.69) is 23.2 Å². The molecule has 0 N–H and O–H groups in total. The molecule has 2 aliphatic carbocycles. The third-order valence-corrected chi connectivity index (χ3v) is 10.1. The van der Waals surface area contributed by atoms with Crippen LogP contribution in [0.2, 0.25) is 5.15 Å². The van der Waals surface area contributed by atoms with Crippen molar-refractivity contribution < 1.29 is 12.8 Å². The van der Waals surface area contributed by atoms with E-state index in [0.717, 1.165) is 29.8 Å². The van der Waals surface area contributed by atoms with Crippen molar-refractivity contribution >= 4 is 27.7 Å². The van der Waals surface area contributed by atoms with Gasteiger partial charge in [0.1, 0.15) is 22.4 Å². The zero-order valence-corrected chi connectivity index (χ0v) is 21.8. The number of allylic oxidation sites excluding steroid dienone is 1. The van der Waals surface area contributed by atoms with Gasteiger partial charge in [-0.3, -0.25) is 4.68 Å². The summed E-state index contributed by atoms with van der Waals surface area (Å²) in [5, 5.41) is 18.2. The second kappa shape index (κ2) is 8.83. The first-order valence-corrected chi connectivity index (χ1v) is 13.5. The van der Waals surface area contributed by atoms with Gasteiger partial charge in [-0.05, 0) is 73.4 Å². The number of nitrogens with zero attached hydrogens (tertiary/aromatic N) is 6. The highest BCUT2D eigenvalue weighted by molar-refractivity contribution is 7.89. The fourth-order valence-corrected chi connectivity index (χ4v) is 7.71. The summed E-state index contributed by atoms with van der Waals surface area (Å²) in [5.41, 5.74) is 4.06. The van der Waals surface area contributed by atoms with Gasteiger partial charge >= 0.3 is 0 Å². The van der Waals surface area contributed by atoms with Crippen LogP contribution in [0.3, 0.4) is 0 Å². The van der Waals surface area contributed by atoms with Crippen LogP contribution < -0.4 is 0 Å². The maximum Gasteiger partial charge on any atom is 0.248 e. The SMILES string of the molecule is Cc1nn(C)c(Cl)c1S(=O)(=O)N(CC#N)C[C@H]1CCC2=Cc3c(cnn3-c3ccc(F)cc3)C[C@@]21C. The Morgan fingerprint density at radius 2 is 2.06 bits per heavy atom. The molecule has 0 unspecified atom stereocenters. The lowest BCUT2D eigenvalue weighted by Gasteiger charge is -2.37. The first-order valence-electron chi connectivity index (χ1n) is 11.7. The quantitative estimate of drug-likeness (QED) is 0.445. The molecule has 0 radical (unpaired) electrons. The van der Waals surface area contributed by atoms with Crippen molar-refractivity contribution in [3.8, 4) is 11.8 Å². The van der Waals surface area contributed by atoms with Crippen molar-refractivity contribution in [2.75, 3.05) is 13.1 Å². The monoisotopic (exact) mass is 528 g/mol. The number of aromatic nitrogens is 4.